The number of halogens is 1. The van der Waals surface area contributed by atoms with Gasteiger partial charge in [-0.1, -0.05) is 54.4 Å². The zero-order valence-electron chi connectivity index (χ0n) is 17.2. The summed E-state index contributed by atoms with van der Waals surface area (Å²) in [6.07, 6.45) is 2.68. The Kier molecular flexibility index (Phi) is 5.96. The SMILES string of the molecule is COc1cc(NC(=O)C2(c3ccccc3)CCC2)ccc1NC(=O)c1cccc(Cl)c1. The molecule has 6 heteroatoms. The molecule has 0 heterocycles. The molecule has 0 radical (unpaired) electrons. The Labute approximate surface area is 186 Å². The first kappa shape index (κ1) is 20.9. The minimum absolute atomic E-state index is 0.0253. The van der Waals surface area contributed by atoms with Crippen molar-refractivity contribution in [3.8, 4) is 5.75 Å². The van der Waals surface area contributed by atoms with Crippen LogP contribution in [0.2, 0.25) is 5.02 Å². The second-order valence-electron chi connectivity index (χ2n) is 7.64. The van der Waals surface area contributed by atoms with Crippen molar-refractivity contribution in [3.63, 3.8) is 0 Å². The van der Waals surface area contributed by atoms with Crippen LogP contribution in [0.25, 0.3) is 0 Å². The number of benzene rings is 3. The van der Waals surface area contributed by atoms with Crippen molar-refractivity contribution < 1.29 is 14.3 Å². The Balaban J connectivity index is 1.52. The topological polar surface area (TPSA) is 67.4 Å². The average molecular weight is 435 g/mol. The second kappa shape index (κ2) is 8.82. The van der Waals surface area contributed by atoms with E-state index in [1.54, 1.807) is 42.5 Å². The van der Waals surface area contributed by atoms with Gasteiger partial charge in [0.05, 0.1) is 18.2 Å². The standard InChI is InChI=1S/C25H23ClN2O3/c1-31-22-16-20(11-12-21(22)28-23(29)17-7-5-10-19(26)15-17)27-24(30)25(13-6-14-25)18-8-3-2-4-9-18/h2-5,7-12,15-16H,6,13-14H2,1H3,(H,27,30)(H,28,29). The molecular weight excluding hydrogens is 412 g/mol. The maximum Gasteiger partial charge on any atom is 0.255 e. The second-order valence-corrected chi connectivity index (χ2v) is 8.07. The van der Waals surface area contributed by atoms with E-state index in [1.807, 2.05) is 30.3 Å². The van der Waals surface area contributed by atoms with Crippen LogP contribution in [-0.4, -0.2) is 18.9 Å². The van der Waals surface area contributed by atoms with Crippen molar-refractivity contribution >= 4 is 34.8 Å². The lowest BCUT2D eigenvalue weighted by atomic mass is 9.64. The molecular formula is C25H23ClN2O3. The largest absolute Gasteiger partial charge is 0.494 e. The van der Waals surface area contributed by atoms with Crippen LogP contribution in [0.1, 0.15) is 35.2 Å². The third kappa shape index (κ3) is 4.28. The first-order valence-corrected chi connectivity index (χ1v) is 10.5. The number of hydrogen-bond acceptors (Lipinski definition) is 3. The lowest BCUT2D eigenvalue weighted by Crippen LogP contribution is -2.45. The summed E-state index contributed by atoms with van der Waals surface area (Å²) in [5, 5.41) is 6.34. The third-order valence-electron chi connectivity index (χ3n) is 5.76. The summed E-state index contributed by atoms with van der Waals surface area (Å²) >= 11 is 5.97. The average Bonchev–Trinajstić information content (AvgIpc) is 2.74. The number of hydrogen-bond donors (Lipinski definition) is 2. The van der Waals surface area contributed by atoms with Crippen LogP contribution in [-0.2, 0) is 10.2 Å². The summed E-state index contributed by atoms with van der Waals surface area (Å²) < 4.78 is 5.45. The number of anilines is 2. The molecule has 1 saturated carbocycles. The molecule has 0 atom stereocenters. The van der Waals surface area contributed by atoms with E-state index in [1.165, 1.54) is 7.11 Å². The molecule has 0 aromatic heterocycles. The molecule has 1 aliphatic carbocycles. The van der Waals surface area contributed by atoms with Gasteiger partial charge in [0.25, 0.3) is 5.91 Å². The van der Waals surface area contributed by atoms with Crippen molar-refractivity contribution in [2.24, 2.45) is 0 Å². The highest BCUT2D eigenvalue weighted by molar-refractivity contribution is 6.31. The summed E-state index contributed by atoms with van der Waals surface area (Å²) in [6, 6.07) is 21.8. The van der Waals surface area contributed by atoms with Gasteiger partial charge in [0.15, 0.2) is 0 Å². The lowest BCUT2D eigenvalue weighted by Gasteiger charge is -2.40. The Morgan fingerprint density at radius 3 is 2.35 bits per heavy atom. The highest BCUT2D eigenvalue weighted by atomic mass is 35.5. The van der Waals surface area contributed by atoms with Crippen LogP contribution in [0.3, 0.4) is 0 Å². The number of rotatable bonds is 6. The van der Waals surface area contributed by atoms with Gasteiger partial charge >= 0.3 is 0 Å². The van der Waals surface area contributed by atoms with Crippen LogP contribution >= 0.6 is 11.6 Å². The monoisotopic (exact) mass is 434 g/mol. The van der Waals surface area contributed by atoms with Gasteiger partial charge in [0.1, 0.15) is 5.75 Å². The van der Waals surface area contributed by atoms with Crippen LogP contribution in [0.5, 0.6) is 5.75 Å². The van der Waals surface area contributed by atoms with Crippen molar-refractivity contribution in [2.45, 2.75) is 24.7 Å². The number of ether oxygens (including phenoxy) is 1. The van der Waals surface area contributed by atoms with E-state index in [2.05, 4.69) is 10.6 Å². The molecule has 5 nitrogen and oxygen atoms in total. The van der Waals surface area contributed by atoms with Gasteiger partial charge in [0.2, 0.25) is 5.91 Å². The molecule has 2 N–H and O–H groups in total. The molecule has 4 rings (SSSR count). The minimum Gasteiger partial charge on any atom is -0.494 e. The van der Waals surface area contributed by atoms with Gasteiger partial charge < -0.3 is 15.4 Å². The molecule has 3 aromatic carbocycles. The van der Waals surface area contributed by atoms with E-state index in [4.69, 9.17) is 16.3 Å². The normalized spacial score (nSPS) is 14.3. The quantitative estimate of drug-likeness (QED) is 0.526. The molecule has 0 aliphatic heterocycles. The highest BCUT2D eigenvalue weighted by Crippen LogP contribution is 2.44. The predicted octanol–water partition coefficient (Wildman–Crippen LogP) is 5.66. The third-order valence-corrected chi connectivity index (χ3v) is 6.00. The maximum atomic E-state index is 13.2. The number of carbonyl (C=O) groups excluding carboxylic acids is 2. The molecule has 0 spiro atoms. The molecule has 31 heavy (non-hydrogen) atoms. The van der Waals surface area contributed by atoms with E-state index in [0.717, 1.165) is 24.8 Å². The van der Waals surface area contributed by atoms with E-state index >= 15 is 0 Å². The molecule has 0 bridgehead atoms. The van der Waals surface area contributed by atoms with Crippen molar-refractivity contribution in [1.82, 2.24) is 0 Å². The van der Waals surface area contributed by atoms with Crippen LogP contribution in [0.4, 0.5) is 11.4 Å². The Bertz CT molecular complexity index is 1110. The summed E-state index contributed by atoms with van der Waals surface area (Å²) in [4.78, 5) is 25.7. The maximum absolute atomic E-state index is 13.2. The summed E-state index contributed by atoms with van der Waals surface area (Å²) in [5.41, 5.74) is 2.11. The molecule has 0 saturated heterocycles. The van der Waals surface area contributed by atoms with E-state index in [-0.39, 0.29) is 11.8 Å². The number of nitrogens with one attached hydrogen (secondary N) is 2. The smallest absolute Gasteiger partial charge is 0.255 e. The van der Waals surface area contributed by atoms with Gasteiger partial charge in [-0.3, -0.25) is 9.59 Å². The summed E-state index contributed by atoms with van der Waals surface area (Å²) in [5.74, 6) is 0.133. The fourth-order valence-electron chi connectivity index (χ4n) is 3.88. The van der Waals surface area contributed by atoms with Crippen LogP contribution in [0.15, 0.2) is 72.8 Å². The number of methoxy groups -OCH3 is 1. The van der Waals surface area contributed by atoms with Crippen LogP contribution < -0.4 is 15.4 Å². The van der Waals surface area contributed by atoms with Crippen molar-refractivity contribution in [3.05, 3.63) is 88.9 Å². The summed E-state index contributed by atoms with van der Waals surface area (Å²) in [6.45, 7) is 0. The van der Waals surface area contributed by atoms with Gasteiger partial charge in [-0.2, -0.15) is 0 Å². The molecule has 0 unspecified atom stereocenters. The number of carbonyl (C=O) groups is 2. The predicted molar refractivity (Wildman–Crippen MR) is 123 cm³/mol. The van der Waals surface area contributed by atoms with E-state index in [9.17, 15) is 9.59 Å². The fraction of sp³-hybridized carbons (Fsp3) is 0.200. The zero-order chi connectivity index (χ0) is 21.8. The molecule has 158 valence electrons. The Morgan fingerprint density at radius 2 is 1.71 bits per heavy atom. The Morgan fingerprint density at radius 1 is 0.935 bits per heavy atom. The van der Waals surface area contributed by atoms with Crippen molar-refractivity contribution in [1.29, 1.82) is 0 Å². The fourth-order valence-corrected chi connectivity index (χ4v) is 4.07. The van der Waals surface area contributed by atoms with Gasteiger partial charge in [-0.05, 0) is 48.7 Å². The van der Waals surface area contributed by atoms with Gasteiger partial charge in [-0.25, -0.2) is 0 Å². The minimum atomic E-state index is -0.492. The van der Waals surface area contributed by atoms with E-state index < -0.39 is 5.41 Å². The van der Waals surface area contributed by atoms with E-state index in [0.29, 0.717) is 27.7 Å². The molecule has 2 amide bonds. The molecule has 1 aliphatic rings. The highest BCUT2D eigenvalue weighted by Gasteiger charge is 2.45. The molecule has 3 aromatic rings. The van der Waals surface area contributed by atoms with Gasteiger partial charge in [-0.15, -0.1) is 0 Å². The summed E-state index contributed by atoms with van der Waals surface area (Å²) in [7, 11) is 1.52. The van der Waals surface area contributed by atoms with Gasteiger partial charge in [0, 0.05) is 22.3 Å². The zero-order valence-corrected chi connectivity index (χ0v) is 17.9. The first-order valence-electron chi connectivity index (χ1n) is 10.1. The number of amides is 2. The molecule has 1 fully saturated rings. The Hall–Kier alpha value is -3.31. The van der Waals surface area contributed by atoms with Crippen LogP contribution in [0, 0.1) is 0 Å². The van der Waals surface area contributed by atoms with Crippen molar-refractivity contribution in [2.75, 3.05) is 17.7 Å². The first-order chi connectivity index (χ1) is 15.0. The lowest BCUT2D eigenvalue weighted by molar-refractivity contribution is -0.124.